The lowest BCUT2D eigenvalue weighted by Gasteiger charge is -2.27. The molecule has 8 heteroatoms. The highest BCUT2D eigenvalue weighted by Gasteiger charge is 2.29. The molecule has 1 heterocycles. The van der Waals surface area contributed by atoms with E-state index < -0.39 is 10.0 Å². The predicted molar refractivity (Wildman–Crippen MR) is 101 cm³/mol. The molecule has 2 fully saturated rings. The second kappa shape index (κ2) is 9.03. The van der Waals surface area contributed by atoms with Crippen LogP contribution >= 0.6 is 0 Å². The molecule has 1 saturated heterocycles. The summed E-state index contributed by atoms with van der Waals surface area (Å²) in [4.78, 5) is 12.5. The van der Waals surface area contributed by atoms with E-state index in [4.69, 9.17) is 9.47 Å². The van der Waals surface area contributed by atoms with Gasteiger partial charge >= 0.3 is 0 Å². The van der Waals surface area contributed by atoms with E-state index >= 15 is 0 Å². The average Bonchev–Trinajstić information content (AvgIpc) is 2.69. The Morgan fingerprint density at radius 1 is 1.22 bits per heavy atom. The third-order valence-electron chi connectivity index (χ3n) is 5.15. The van der Waals surface area contributed by atoms with Gasteiger partial charge < -0.3 is 14.8 Å². The first-order valence-electron chi connectivity index (χ1n) is 9.55. The highest BCUT2D eigenvalue weighted by Crippen LogP contribution is 2.28. The lowest BCUT2D eigenvalue weighted by molar-refractivity contribution is -0.121. The number of amides is 1. The van der Waals surface area contributed by atoms with Gasteiger partial charge in [0.05, 0.1) is 26.7 Å². The number of carbonyl (C=O) groups is 1. The zero-order valence-corrected chi connectivity index (χ0v) is 16.6. The fourth-order valence-corrected chi connectivity index (χ4v) is 5.28. The smallest absolute Gasteiger partial charge is 0.246 e. The van der Waals surface area contributed by atoms with Crippen molar-refractivity contribution < 1.29 is 22.7 Å². The third-order valence-corrected chi connectivity index (χ3v) is 7.07. The summed E-state index contributed by atoms with van der Waals surface area (Å²) in [5.74, 6) is 0.222. The first kappa shape index (κ1) is 20.1. The molecule has 0 bridgehead atoms. The molecule has 150 valence electrons. The van der Waals surface area contributed by atoms with E-state index in [0.717, 1.165) is 25.7 Å². The molecular formula is C19H28N2O5S. The first-order valence-corrected chi connectivity index (χ1v) is 11.0. The number of methoxy groups -OCH3 is 1. The zero-order valence-electron chi connectivity index (χ0n) is 15.8. The van der Waals surface area contributed by atoms with Crippen LogP contribution in [0.15, 0.2) is 23.1 Å². The van der Waals surface area contributed by atoms with E-state index in [1.54, 1.807) is 18.2 Å². The summed E-state index contributed by atoms with van der Waals surface area (Å²) in [7, 11) is -2.25. The molecule has 1 amide bonds. The van der Waals surface area contributed by atoms with Crippen LogP contribution in [0.3, 0.4) is 0 Å². The fraction of sp³-hybridized carbons (Fsp3) is 0.632. The van der Waals surface area contributed by atoms with E-state index in [1.807, 2.05) is 0 Å². The molecule has 0 radical (unpaired) electrons. The van der Waals surface area contributed by atoms with Crippen molar-refractivity contribution in [3.8, 4) is 5.75 Å². The van der Waals surface area contributed by atoms with Gasteiger partial charge in [0.15, 0.2) is 0 Å². The van der Waals surface area contributed by atoms with Crippen molar-refractivity contribution in [2.24, 2.45) is 0 Å². The van der Waals surface area contributed by atoms with Gasteiger partial charge in [-0.3, -0.25) is 4.79 Å². The Morgan fingerprint density at radius 2 is 1.93 bits per heavy atom. The van der Waals surface area contributed by atoms with Crippen LogP contribution in [-0.4, -0.2) is 58.1 Å². The van der Waals surface area contributed by atoms with Crippen molar-refractivity contribution >= 4 is 15.9 Å². The molecular weight excluding hydrogens is 368 g/mol. The molecule has 27 heavy (non-hydrogen) atoms. The fourth-order valence-electron chi connectivity index (χ4n) is 3.67. The number of benzene rings is 1. The molecule has 1 aromatic rings. The van der Waals surface area contributed by atoms with Gasteiger partial charge in [0.2, 0.25) is 15.9 Å². The Bertz CT molecular complexity index is 753. The second-order valence-corrected chi connectivity index (χ2v) is 8.99. The summed E-state index contributed by atoms with van der Waals surface area (Å²) in [6.07, 6.45) is 5.72. The van der Waals surface area contributed by atoms with Crippen molar-refractivity contribution in [3.05, 3.63) is 23.8 Å². The van der Waals surface area contributed by atoms with Crippen molar-refractivity contribution in [1.82, 2.24) is 9.62 Å². The van der Waals surface area contributed by atoms with Crippen LogP contribution in [0.1, 0.15) is 37.7 Å². The number of morpholine rings is 1. The van der Waals surface area contributed by atoms with Crippen LogP contribution in [0.25, 0.3) is 0 Å². The molecule has 7 nitrogen and oxygen atoms in total. The van der Waals surface area contributed by atoms with Gasteiger partial charge in [-0.25, -0.2) is 8.42 Å². The van der Waals surface area contributed by atoms with E-state index in [-0.39, 0.29) is 29.0 Å². The van der Waals surface area contributed by atoms with Gasteiger partial charge in [0.25, 0.3) is 0 Å². The Hall–Kier alpha value is -1.64. The molecule has 3 rings (SSSR count). The predicted octanol–water partition coefficient (Wildman–Crippen LogP) is 1.71. The number of ether oxygens (including phenoxy) is 2. The standard InChI is InChI=1S/C19H28N2O5S/c1-25-17-8-7-15(14-19(22)20-16-5-3-2-4-6-16)13-18(17)27(23,24)21-9-11-26-12-10-21/h7-8,13,16H,2-6,9-12,14H2,1H3,(H,20,22). The highest BCUT2D eigenvalue weighted by atomic mass is 32.2. The third kappa shape index (κ3) is 5.00. The van der Waals surface area contributed by atoms with Crippen LogP contribution < -0.4 is 10.1 Å². The number of sulfonamides is 1. The first-order chi connectivity index (χ1) is 13.0. The minimum atomic E-state index is -3.69. The van der Waals surface area contributed by atoms with Gasteiger partial charge in [0.1, 0.15) is 10.6 Å². The van der Waals surface area contributed by atoms with Crippen molar-refractivity contribution in [2.75, 3.05) is 33.4 Å². The van der Waals surface area contributed by atoms with E-state index in [2.05, 4.69) is 5.32 Å². The van der Waals surface area contributed by atoms with Gasteiger partial charge in [-0.1, -0.05) is 25.3 Å². The summed E-state index contributed by atoms with van der Waals surface area (Å²) >= 11 is 0. The Morgan fingerprint density at radius 3 is 2.59 bits per heavy atom. The summed E-state index contributed by atoms with van der Waals surface area (Å²) < 4.78 is 37.9. The molecule has 0 atom stereocenters. The SMILES string of the molecule is COc1ccc(CC(=O)NC2CCCCC2)cc1S(=O)(=O)N1CCOCC1. The number of hydrogen-bond acceptors (Lipinski definition) is 5. The highest BCUT2D eigenvalue weighted by molar-refractivity contribution is 7.89. The van der Waals surface area contributed by atoms with Crippen molar-refractivity contribution in [2.45, 2.75) is 49.5 Å². The van der Waals surface area contributed by atoms with Crippen LogP contribution in [0.2, 0.25) is 0 Å². The molecule has 0 spiro atoms. The summed E-state index contributed by atoms with van der Waals surface area (Å²) in [6.45, 7) is 1.39. The maximum atomic E-state index is 13.0. The van der Waals surface area contributed by atoms with E-state index in [9.17, 15) is 13.2 Å². The van der Waals surface area contributed by atoms with Gasteiger partial charge in [0, 0.05) is 19.1 Å². The van der Waals surface area contributed by atoms with Crippen molar-refractivity contribution in [3.63, 3.8) is 0 Å². The molecule has 1 N–H and O–H groups in total. The number of nitrogens with one attached hydrogen (secondary N) is 1. The number of rotatable bonds is 6. The number of hydrogen-bond donors (Lipinski definition) is 1. The van der Waals surface area contributed by atoms with Crippen LogP contribution in [0.4, 0.5) is 0 Å². The summed E-state index contributed by atoms with van der Waals surface area (Å²) in [5.41, 5.74) is 0.663. The largest absolute Gasteiger partial charge is 0.495 e. The van der Waals surface area contributed by atoms with Gasteiger partial charge in [-0.15, -0.1) is 0 Å². The lowest BCUT2D eigenvalue weighted by atomic mass is 9.95. The molecule has 0 aromatic heterocycles. The zero-order chi connectivity index (χ0) is 19.3. The molecule has 1 saturated carbocycles. The number of nitrogens with zero attached hydrogens (tertiary/aromatic N) is 1. The molecule has 0 unspecified atom stereocenters. The lowest BCUT2D eigenvalue weighted by Crippen LogP contribution is -2.40. The molecule has 1 aromatic carbocycles. The van der Waals surface area contributed by atoms with Crippen LogP contribution in [0, 0.1) is 0 Å². The normalized spacial score (nSPS) is 19.6. The van der Waals surface area contributed by atoms with Crippen LogP contribution in [0.5, 0.6) is 5.75 Å². The topological polar surface area (TPSA) is 84.9 Å². The maximum absolute atomic E-state index is 13.0. The quantitative estimate of drug-likeness (QED) is 0.791. The van der Waals surface area contributed by atoms with Crippen LogP contribution in [-0.2, 0) is 26.0 Å². The van der Waals surface area contributed by atoms with Crippen molar-refractivity contribution in [1.29, 1.82) is 0 Å². The maximum Gasteiger partial charge on any atom is 0.246 e. The minimum Gasteiger partial charge on any atom is -0.495 e. The minimum absolute atomic E-state index is 0.0678. The second-order valence-electron chi connectivity index (χ2n) is 7.08. The Balaban J connectivity index is 1.75. The Labute approximate surface area is 161 Å². The summed E-state index contributed by atoms with van der Waals surface area (Å²) in [6, 6.07) is 5.17. The molecule has 2 aliphatic rings. The van der Waals surface area contributed by atoms with E-state index in [0.29, 0.717) is 31.9 Å². The van der Waals surface area contributed by atoms with Gasteiger partial charge in [-0.2, -0.15) is 4.31 Å². The Kier molecular flexibility index (Phi) is 6.73. The molecule has 1 aliphatic carbocycles. The molecule has 1 aliphatic heterocycles. The van der Waals surface area contributed by atoms with Gasteiger partial charge in [-0.05, 0) is 30.5 Å². The monoisotopic (exact) mass is 396 g/mol. The average molecular weight is 397 g/mol. The number of carbonyl (C=O) groups excluding carboxylic acids is 1. The van der Waals surface area contributed by atoms with E-state index in [1.165, 1.54) is 17.8 Å². The summed E-state index contributed by atoms with van der Waals surface area (Å²) in [5, 5.41) is 3.07.